The lowest BCUT2D eigenvalue weighted by Gasteiger charge is -2.28. The number of para-hydroxylation sites is 1. The number of benzene rings is 2. The fraction of sp³-hybridized carbons (Fsp3) is 0.250. The summed E-state index contributed by atoms with van der Waals surface area (Å²) < 4.78 is 5.06. The third-order valence-corrected chi connectivity index (χ3v) is 5.13. The molecule has 0 N–H and O–H groups in total. The number of esters is 1. The fourth-order valence-corrected chi connectivity index (χ4v) is 3.89. The van der Waals surface area contributed by atoms with Crippen LogP contribution in [0.25, 0.3) is 0 Å². The predicted octanol–water partition coefficient (Wildman–Crippen LogP) is 3.59. The van der Waals surface area contributed by atoms with Crippen molar-refractivity contribution in [2.75, 3.05) is 23.0 Å². The molecule has 0 bridgehead atoms. The predicted molar refractivity (Wildman–Crippen MR) is 106 cm³/mol. The van der Waals surface area contributed by atoms with E-state index in [0.29, 0.717) is 11.4 Å². The molecular weight excluding hydrogens is 364 g/mol. The second-order valence-electron chi connectivity index (χ2n) is 6.02. The molecule has 0 saturated carbocycles. The Kier molecular flexibility index (Phi) is 5.81. The summed E-state index contributed by atoms with van der Waals surface area (Å²) in [6.07, 6.45) is 0. The van der Waals surface area contributed by atoms with Gasteiger partial charge in [-0.25, -0.2) is 4.90 Å². The zero-order chi connectivity index (χ0) is 19.4. The van der Waals surface area contributed by atoms with Crippen molar-refractivity contribution in [1.82, 2.24) is 0 Å². The molecule has 1 atom stereocenters. The van der Waals surface area contributed by atoms with E-state index in [9.17, 15) is 14.4 Å². The highest BCUT2D eigenvalue weighted by Gasteiger charge is 2.44. The van der Waals surface area contributed by atoms with Crippen molar-refractivity contribution < 1.29 is 19.1 Å². The van der Waals surface area contributed by atoms with Crippen molar-refractivity contribution in [3.05, 3.63) is 60.2 Å². The third kappa shape index (κ3) is 4.14. The lowest BCUT2D eigenvalue weighted by molar-refractivity contribution is -0.141. The van der Waals surface area contributed by atoms with Gasteiger partial charge in [-0.05, 0) is 55.4 Å². The van der Waals surface area contributed by atoms with Crippen molar-refractivity contribution >= 4 is 40.3 Å². The molecule has 7 heteroatoms. The van der Waals surface area contributed by atoms with Gasteiger partial charge in [0, 0.05) is 5.69 Å². The second kappa shape index (κ2) is 8.26. The zero-order valence-electron chi connectivity index (χ0n) is 15.1. The molecule has 2 aromatic rings. The molecule has 0 aromatic heterocycles. The molecule has 1 heterocycles. The molecule has 6 nitrogen and oxygen atoms in total. The summed E-state index contributed by atoms with van der Waals surface area (Å²) >= 11 is 0.901. The highest BCUT2D eigenvalue weighted by Crippen LogP contribution is 2.35. The molecule has 1 fully saturated rings. The summed E-state index contributed by atoms with van der Waals surface area (Å²) in [5.41, 5.74) is 2.20. The average Bonchev–Trinajstić information content (AvgIpc) is 2.95. The molecule has 0 unspecified atom stereocenters. The van der Waals surface area contributed by atoms with E-state index in [1.165, 1.54) is 0 Å². The smallest absolute Gasteiger partial charge is 0.325 e. The number of carbonyl (C=O) groups is 3. The summed E-state index contributed by atoms with van der Waals surface area (Å²) in [7, 11) is 0. The van der Waals surface area contributed by atoms with Gasteiger partial charge in [-0.1, -0.05) is 30.3 Å². The highest BCUT2D eigenvalue weighted by atomic mass is 32.2. The van der Waals surface area contributed by atoms with Gasteiger partial charge in [0.25, 0.3) is 11.1 Å². The van der Waals surface area contributed by atoms with Crippen molar-refractivity contribution in [2.45, 2.75) is 19.2 Å². The van der Waals surface area contributed by atoms with Gasteiger partial charge < -0.3 is 9.64 Å². The van der Waals surface area contributed by atoms with Gasteiger partial charge in [0.1, 0.15) is 6.54 Å². The van der Waals surface area contributed by atoms with Crippen LogP contribution in [-0.4, -0.2) is 35.6 Å². The van der Waals surface area contributed by atoms with Crippen molar-refractivity contribution in [1.29, 1.82) is 0 Å². The fourth-order valence-electron chi connectivity index (χ4n) is 2.87. The first-order valence-corrected chi connectivity index (χ1v) is 9.47. The highest BCUT2D eigenvalue weighted by molar-refractivity contribution is 8.16. The molecule has 27 heavy (non-hydrogen) atoms. The first-order valence-electron chi connectivity index (χ1n) is 8.60. The van der Waals surface area contributed by atoms with Crippen LogP contribution in [0.5, 0.6) is 0 Å². The normalized spacial score (nSPS) is 16.5. The summed E-state index contributed by atoms with van der Waals surface area (Å²) in [4.78, 5) is 40.5. The minimum absolute atomic E-state index is 0.114. The summed E-state index contributed by atoms with van der Waals surface area (Å²) in [5.74, 6) is -0.819. The van der Waals surface area contributed by atoms with Crippen LogP contribution in [0.2, 0.25) is 0 Å². The molecule has 0 radical (unpaired) electrons. The number of hydrogen-bond donors (Lipinski definition) is 0. The Balaban J connectivity index is 1.93. The molecule has 1 aliphatic rings. The van der Waals surface area contributed by atoms with E-state index in [0.717, 1.165) is 22.2 Å². The Hall–Kier alpha value is -2.80. The van der Waals surface area contributed by atoms with Crippen molar-refractivity contribution in [2.24, 2.45) is 0 Å². The van der Waals surface area contributed by atoms with E-state index >= 15 is 0 Å². The van der Waals surface area contributed by atoms with Crippen molar-refractivity contribution in [3.8, 4) is 0 Å². The first kappa shape index (κ1) is 19.0. The Morgan fingerprint density at radius 3 is 2.56 bits per heavy atom. The number of thioether (sulfide) groups is 1. The van der Waals surface area contributed by atoms with Crippen LogP contribution in [0.15, 0.2) is 54.6 Å². The van der Waals surface area contributed by atoms with Crippen LogP contribution in [0.3, 0.4) is 0 Å². The number of imide groups is 1. The monoisotopic (exact) mass is 384 g/mol. The van der Waals surface area contributed by atoms with E-state index < -0.39 is 11.3 Å². The quantitative estimate of drug-likeness (QED) is 0.709. The van der Waals surface area contributed by atoms with Gasteiger partial charge in [-0.3, -0.25) is 14.4 Å². The maximum absolute atomic E-state index is 13.0. The summed E-state index contributed by atoms with van der Waals surface area (Å²) in [6, 6.07) is 16.2. The Morgan fingerprint density at radius 1 is 1.15 bits per heavy atom. The Morgan fingerprint density at radius 2 is 1.89 bits per heavy atom. The number of carbonyl (C=O) groups excluding carboxylic acids is 3. The van der Waals surface area contributed by atoms with Gasteiger partial charge in [-0.15, -0.1) is 0 Å². The third-order valence-electron chi connectivity index (χ3n) is 4.06. The number of nitrogens with zero attached hydrogens (tertiary/aromatic N) is 2. The molecule has 3 rings (SSSR count). The molecule has 1 aliphatic heterocycles. The SMILES string of the molecule is CCOC(=O)CN(c1cccc(C)c1)[C@H]1SC(=O)N(c2ccccc2)C1=O. The Labute approximate surface area is 162 Å². The first-order chi connectivity index (χ1) is 13.0. The van der Waals surface area contributed by atoms with Gasteiger partial charge in [0.15, 0.2) is 5.37 Å². The minimum Gasteiger partial charge on any atom is -0.465 e. The number of ether oxygens (including phenoxy) is 1. The van der Waals surface area contributed by atoms with Crippen molar-refractivity contribution in [3.63, 3.8) is 0 Å². The number of anilines is 2. The largest absolute Gasteiger partial charge is 0.465 e. The standard InChI is InChI=1S/C20H20N2O4S/c1-3-26-17(23)13-21(16-11-7-8-14(2)12-16)19-18(24)22(20(25)27-19)15-9-5-4-6-10-15/h4-12,19H,3,13H2,1-2H3/t19-/m0/s1. The molecule has 0 aliphatic carbocycles. The van der Waals surface area contributed by atoms with Crippen LogP contribution in [0.4, 0.5) is 16.2 Å². The van der Waals surface area contributed by atoms with E-state index in [1.54, 1.807) is 36.1 Å². The van der Waals surface area contributed by atoms with Crippen LogP contribution in [0, 0.1) is 6.92 Å². The van der Waals surface area contributed by atoms with Crippen LogP contribution < -0.4 is 9.80 Å². The van der Waals surface area contributed by atoms with Gasteiger partial charge in [-0.2, -0.15) is 0 Å². The van der Waals surface area contributed by atoms with Gasteiger partial charge >= 0.3 is 5.97 Å². The van der Waals surface area contributed by atoms with E-state index in [2.05, 4.69) is 0 Å². The minimum atomic E-state index is -0.830. The number of amides is 2. The van der Waals surface area contributed by atoms with E-state index in [-0.39, 0.29) is 24.3 Å². The number of aryl methyl sites for hydroxylation is 1. The lowest BCUT2D eigenvalue weighted by atomic mass is 10.2. The molecule has 2 amide bonds. The second-order valence-corrected chi connectivity index (χ2v) is 7.05. The average molecular weight is 384 g/mol. The zero-order valence-corrected chi connectivity index (χ0v) is 15.9. The van der Waals surface area contributed by atoms with E-state index in [1.807, 2.05) is 37.3 Å². The van der Waals surface area contributed by atoms with Crippen LogP contribution >= 0.6 is 11.8 Å². The topological polar surface area (TPSA) is 66.9 Å². The van der Waals surface area contributed by atoms with Crippen LogP contribution in [0.1, 0.15) is 12.5 Å². The molecule has 0 spiro atoms. The molecule has 1 saturated heterocycles. The van der Waals surface area contributed by atoms with Gasteiger partial charge in [0.2, 0.25) is 0 Å². The van der Waals surface area contributed by atoms with E-state index in [4.69, 9.17) is 4.74 Å². The molecule has 140 valence electrons. The number of hydrogen-bond acceptors (Lipinski definition) is 6. The lowest BCUT2D eigenvalue weighted by Crippen LogP contribution is -2.44. The Bertz CT molecular complexity index is 856. The maximum Gasteiger partial charge on any atom is 0.325 e. The molecule has 2 aromatic carbocycles. The summed E-state index contributed by atoms with van der Waals surface area (Å²) in [6.45, 7) is 3.79. The summed E-state index contributed by atoms with van der Waals surface area (Å²) in [5, 5.41) is -1.19. The molecular formula is C20H20N2O4S. The number of rotatable bonds is 6. The maximum atomic E-state index is 13.0. The van der Waals surface area contributed by atoms with Gasteiger partial charge in [0.05, 0.1) is 12.3 Å². The van der Waals surface area contributed by atoms with Crippen LogP contribution in [-0.2, 0) is 14.3 Å².